The van der Waals surface area contributed by atoms with Gasteiger partial charge in [-0.05, 0) is 41.1 Å². The molecule has 1 aromatic heterocycles. The van der Waals surface area contributed by atoms with Crippen molar-refractivity contribution in [2.45, 2.75) is 6.92 Å². The number of carbonyl (C=O) groups is 1. The largest absolute Gasteiger partial charge is 0.461 e. The number of carbonyl (C=O) groups excluding carboxylic acids is 1. The van der Waals surface area contributed by atoms with Gasteiger partial charge in [-0.25, -0.2) is 4.79 Å². The molecule has 0 saturated heterocycles. The van der Waals surface area contributed by atoms with Gasteiger partial charge >= 0.3 is 12.0 Å². The van der Waals surface area contributed by atoms with E-state index in [-0.39, 0.29) is 18.4 Å². The van der Waals surface area contributed by atoms with Gasteiger partial charge in [-0.15, -0.1) is 0 Å². The number of aromatic nitrogens is 1. The molecule has 0 fully saturated rings. The van der Waals surface area contributed by atoms with Crippen LogP contribution in [0.25, 0.3) is 0 Å². The van der Waals surface area contributed by atoms with Gasteiger partial charge in [-0.3, -0.25) is 0 Å². The highest BCUT2D eigenvalue weighted by Crippen LogP contribution is 2.31. The summed E-state index contributed by atoms with van der Waals surface area (Å²) in [5.74, 6) is -0.0852. The summed E-state index contributed by atoms with van der Waals surface area (Å²) < 4.78 is 15.9. The van der Waals surface area contributed by atoms with E-state index < -0.39 is 5.97 Å². The van der Waals surface area contributed by atoms with Crippen molar-refractivity contribution in [1.82, 2.24) is 4.98 Å². The molecule has 2 aromatic rings. The molecule has 2 rings (SSSR count). The second-order valence-corrected chi connectivity index (χ2v) is 4.69. The molecule has 5 nitrogen and oxygen atoms in total. The third-order valence-electron chi connectivity index (χ3n) is 2.06. The lowest BCUT2D eigenvalue weighted by molar-refractivity contribution is 0.0519. The molecule has 0 N–H and O–H groups in total. The Kier molecular flexibility index (Phi) is 4.44. The number of ether oxygens (including phenoxy) is 2. The Morgan fingerprint density at radius 3 is 3.00 bits per heavy atom. The maximum atomic E-state index is 11.4. The van der Waals surface area contributed by atoms with Gasteiger partial charge in [0.05, 0.1) is 11.1 Å². The highest BCUT2D eigenvalue weighted by Gasteiger charge is 2.15. The number of nitrogens with zero attached hydrogens (tertiary/aromatic N) is 1. The summed E-state index contributed by atoms with van der Waals surface area (Å²) in [5.41, 5.74) is 0.0573. The van der Waals surface area contributed by atoms with Crippen molar-refractivity contribution in [3.8, 4) is 11.8 Å². The highest BCUT2D eigenvalue weighted by atomic mass is 79.9. The average molecular weight is 347 g/mol. The average Bonchev–Trinajstić information content (AvgIpc) is 2.82. The highest BCUT2D eigenvalue weighted by molar-refractivity contribution is 9.10. The molecular weight excluding hydrogens is 337 g/mol. The van der Waals surface area contributed by atoms with Crippen molar-refractivity contribution in [2.24, 2.45) is 0 Å². The zero-order valence-corrected chi connectivity index (χ0v) is 12.2. The topological polar surface area (TPSA) is 61.6 Å². The quantitative estimate of drug-likeness (QED) is 0.781. The summed E-state index contributed by atoms with van der Waals surface area (Å²) in [5, 5.41) is 0.568. The number of benzene rings is 1. The van der Waals surface area contributed by atoms with Gasteiger partial charge < -0.3 is 13.9 Å². The smallest absolute Gasteiger partial charge is 0.399 e. The lowest BCUT2D eigenvalue weighted by atomic mass is 10.3. The summed E-state index contributed by atoms with van der Waals surface area (Å²) in [6, 6.07) is 4.99. The van der Waals surface area contributed by atoms with Crippen molar-refractivity contribution in [3.63, 3.8) is 0 Å². The molecule has 1 heterocycles. The van der Waals surface area contributed by atoms with Crippen LogP contribution < -0.4 is 4.74 Å². The first-order valence-corrected chi connectivity index (χ1v) is 6.52. The van der Waals surface area contributed by atoms with E-state index in [4.69, 9.17) is 25.5 Å². The maximum absolute atomic E-state index is 11.4. The minimum Gasteiger partial charge on any atom is -0.461 e. The van der Waals surface area contributed by atoms with Gasteiger partial charge in [0.1, 0.15) is 12.0 Å². The SMILES string of the molecule is CCOC(=O)c1coc(Oc2ccc(Cl)cc2Br)n1. The summed E-state index contributed by atoms with van der Waals surface area (Å²) in [7, 11) is 0. The Hall–Kier alpha value is -1.53. The molecule has 0 radical (unpaired) electrons. The van der Waals surface area contributed by atoms with Crippen molar-refractivity contribution < 1.29 is 18.7 Å². The lowest BCUT2D eigenvalue weighted by Crippen LogP contribution is -2.04. The Morgan fingerprint density at radius 1 is 1.53 bits per heavy atom. The van der Waals surface area contributed by atoms with Crippen LogP contribution in [0.1, 0.15) is 17.4 Å². The van der Waals surface area contributed by atoms with Crippen LogP contribution in [0.2, 0.25) is 5.02 Å². The van der Waals surface area contributed by atoms with Crippen molar-refractivity contribution in [1.29, 1.82) is 0 Å². The molecule has 0 saturated carbocycles. The molecule has 0 unspecified atom stereocenters. The fraction of sp³-hybridized carbons (Fsp3) is 0.167. The van der Waals surface area contributed by atoms with E-state index in [9.17, 15) is 4.79 Å². The molecule has 0 aliphatic rings. The van der Waals surface area contributed by atoms with Gasteiger partial charge in [0.25, 0.3) is 0 Å². The van der Waals surface area contributed by atoms with Gasteiger partial charge in [0.15, 0.2) is 5.69 Å². The Labute approximate surface area is 122 Å². The Morgan fingerprint density at radius 2 is 2.32 bits per heavy atom. The van der Waals surface area contributed by atoms with Gasteiger partial charge in [0, 0.05) is 5.02 Å². The first-order valence-electron chi connectivity index (χ1n) is 5.35. The standard InChI is InChI=1S/C12H9BrClNO4/c1-2-17-11(16)9-6-18-12(15-9)19-10-4-3-7(14)5-8(10)13/h3-6H,2H2,1H3. The van der Waals surface area contributed by atoms with Crippen LogP contribution >= 0.6 is 27.5 Å². The van der Waals surface area contributed by atoms with Crippen LogP contribution in [-0.4, -0.2) is 17.6 Å². The summed E-state index contributed by atoms with van der Waals surface area (Å²) in [6.45, 7) is 1.98. The van der Waals surface area contributed by atoms with Crippen LogP contribution in [0, 0.1) is 0 Å². The van der Waals surface area contributed by atoms with Crippen molar-refractivity contribution >= 4 is 33.5 Å². The second-order valence-electron chi connectivity index (χ2n) is 3.40. The fourth-order valence-corrected chi connectivity index (χ4v) is 2.02. The van der Waals surface area contributed by atoms with E-state index in [0.29, 0.717) is 15.2 Å². The van der Waals surface area contributed by atoms with E-state index in [1.165, 1.54) is 6.26 Å². The predicted octanol–water partition coefficient (Wildman–Crippen LogP) is 4.06. The number of halogens is 2. The molecule has 0 spiro atoms. The lowest BCUT2D eigenvalue weighted by Gasteiger charge is -2.03. The normalized spacial score (nSPS) is 10.3. The van der Waals surface area contributed by atoms with Gasteiger partial charge in [0.2, 0.25) is 0 Å². The molecule has 100 valence electrons. The van der Waals surface area contributed by atoms with Crippen LogP contribution in [0.5, 0.6) is 11.8 Å². The van der Waals surface area contributed by atoms with Crippen LogP contribution in [0.3, 0.4) is 0 Å². The minimum absolute atomic E-state index is 0.0499. The van der Waals surface area contributed by atoms with E-state index in [1.807, 2.05) is 0 Å². The van der Waals surface area contributed by atoms with E-state index in [1.54, 1.807) is 25.1 Å². The van der Waals surface area contributed by atoms with Crippen LogP contribution in [0.15, 0.2) is 33.4 Å². The predicted molar refractivity (Wildman–Crippen MR) is 71.7 cm³/mol. The maximum Gasteiger partial charge on any atom is 0.399 e. The summed E-state index contributed by atoms with van der Waals surface area (Å²) in [6.07, 6.45) is 1.13. The second kappa shape index (κ2) is 6.08. The molecule has 1 aromatic carbocycles. The molecule has 0 bridgehead atoms. The van der Waals surface area contributed by atoms with E-state index in [0.717, 1.165) is 0 Å². The number of hydrogen-bond acceptors (Lipinski definition) is 5. The molecule has 19 heavy (non-hydrogen) atoms. The molecule has 0 amide bonds. The summed E-state index contributed by atoms with van der Waals surface area (Å²) >= 11 is 9.11. The third-order valence-corrected chi connectivity index (χ3v) is 2.91. The molecule has 0 atom stereocenters. The number of esters is 1. The third kappa shape index (κ3) is 3.48. The molecular formula is C12H9BrClNO4. The number of oxazole rings is 1. The van der Waals surface area contributed by atoms with E-state index >= 15 is 0 Å². The van der Waals surface area contributed by atoms with Gasteiger partial charge in [-0.2, -0.15) is 4.98 Å². The van der Waals surface area contributed by atoms with Gasteiger partial charge in [-0.1, -0.05) is 11.6 Å². The molecule has 7 heteroatoms. The number of rotatable bonds is 4. The number of hydrogen-bond donors (Lipinski definition) is 0. The zero-order chi connectivity index (χ0) is 13.8. The summed E-state index contributed by atoms with van der Waals surface area (Å²) in [4.78, 5) is 15.3. The Bertz CT molecular complexity index is 599. The monoisotopic (exact) mass is 345 g/mol. The van der Waals surface area contributed by atoms with Crippen LogP contribution in [0.4, 0.5) is 0 Å². The minimum atomic E-state index is -0.559. The fourth-order valence-electron chi connectivity index (χ4n) is 1.25. The van der Waals surface area contributed by atoms with Crippen LogP contribution in [-0.2, 0) is 4.74 Å². The van der Waals surface area contributed by atoms with E-state index in [2.05, 4.69) is 20.9 Å². The van der Waals surface area contributed by atoms with Crippen molar-refractivity contribution in [3.05, 3.63) is 39.7 Å². The Balaban J connectivity index is 2.13. The first kappa shape index (κ1) is 13.9. The van der Waals surface area contributed by atoms with Crippen molar-refractivity contribution in [2.75, 3.05) is 6.61 Å². The molecule has 0 aliphatic heterocycles. The molecule has 0 aliphatic carbocycles. The first-order chi connectivity index (χ1) is 9.10. The zero-order valence-electron chi connectivity index (χ0n) is 9.85.